The third-order valence-electron chi connectivity index (χ3n) is 3.75. The quantitative estimate of drug-likeness (QED) is 0.446. The highest BCUT2D eigenvalue weighted by molar-refractivity contribution is 7.12. The molecule has 0 spiro atoms. The molecule has 0 aliphatic heterocycles. The number of methoxy groups -OCH3 is 1. The molecule has 0 aliphatic rings. The number of ether oxygens (including phenoxy) is 2. The second-order valence-electron chi connectivity index (χ2n) is 5.54. The fourth-order valence-electron chi connectivity index (χ4n) is 2.47. The van der Waals surface area contributed by atoms with Gasteiger partial charge in [-0.1, -0.05) is 5.16 Å². The first-order chi connectivity index (χ1) is 14.0. The number of tetrazole rings is 1. The molecule has 0 N–H and O–H groups in total. The lowest BCUT2D eigenvalue weighted by atomic mass is 10.2. The highest BCUT2D eigenvalue weighted by Crippen LogP contribution is 2.32. The molecule has 0 radical (unpaired) electrons. The SMILES string of the molecule is COc1cc(-c2noc(Cn3nnn(-c4cccs4)c3=O)n2)ccc1OC(F)F. The normalized spacial score (nSPS) is 11.2. The van der Waals surface area contributed by atoms with Gasteiger partial charge in [-0.05, 0) is 46.1 Å². The maximum atomic E-state index is 12.4. The van der Waals surface area contributed by atoms with Gasteiger partial charge in [-0.15, -0.1) is 11.3 Å². The van der Waals surface area contributed by atoms with Crippen molar-refractivity contribution < 1.29 is 22.8 Å². The first-order valence-electron chi connectivity index (χ1n) is 8.07. The standard InChI is InChI=1S/C16H12F2N6O4S/c1-26-11-7-9(4-5-10(11)27-15(17)18)14-19-12(28-20-14)8-23-16(25)24(22-21-23)13-3-2-6-29-13/h2-7,15H,8H2,1H3. The van der Waals surface area contributed by atoms with Gasteiger partial charge in [0.2, 0.25) is 11.7 Å². The average Bonchev–Trinajstić information content (AvgIpc) is 3.44. The second-order valence-corrected chi connectivity index (χ2v) is 6.46. The third kappa shape index (κ3) is 3.85. The van der Waals surface area contributed by atoms with Gasteiger partial charge in [-0.25, -0.2) is 4.79 Å². The zero-order valence-electron chi connectivity index (χ0n) is 14.7. The molecule has 10 nitrogen and oxygen atoms in total. The van der Waals surface area contributed by atoms with Crippen LogP contribution in [-0.4, -0.2) is 43.7 Å². The number of benzene rings is 1. The topological polar surface area (TPSA) is 110 Å². The Morgan fingerprint density at radius 2 is 2.10 bits per heavy atom. The van der Waals surface area contributed by atoms with E-state index in [0.717, 1.165) is 9.36 Å². The van der Waals surface area contributed by atoms with Crippen LogP contribution in [0.1, 0.15) is 5.89 Å². The Kier molecular flexibility index (Phi) is 5.03. The number of nitrogens with zero attached hydrogens (tertiary/aromatic N) is 6. The van der Waals surface area contributed by atoms with Crippen molar-refractivity contribution in [2.24, 2.45) is 0 Å². The van der Waals surface area contributed by atoms with E-state index in [0.29, 0.717) is 10.6 Å². The van der Waals surface area contributed by atoms with E-state index in [4.69, 9.17) is 9.26 Å². The van der Waals surface area contributed by atoms with E-state index in [2.05, 4.69) is 25.3 Å². The van der Waals surface area contributed by atoms with Crippen LogP contribution in [0.5, 0.6) is 11.5 Å². The smallest absolute Gasteiger partial charge is 0.387 e. The molecule has 4 aromatic rings. The molecule has 150 valence electrons. The molecule has 0 saturated carbocycles. The molecule has 0 amide bonds. The van der Waals surface area contributed by atoms with Gasteiger partial charge in [-0.3, -0.25) is 0 Å². The van der Waals surface area contributed by atoms with Gasteiger partial charge in [0.25, 0.3) is 0 Å². The summed E-state index contributed by atoms with van der Waals surface area (Å²) < 4.78 is 41.7. The van der Waals surface area contributed by atoms with Gasteiger partial charge < -0.3 is 14.0 Å². The van der Waals surface area contributed by atoms with E-state index in [9.17, 15) is 13.6 Å². The van der Waals surface area contributed by atoms with Crippen LogP contribution in [0.15, 0.2) is 45.0 Å². The minimum Gasteiger partial charge on any atom is -0.493 e. The molecule has 0 unspecified atom stereocenters. The number of rotatable bonds is 7. The van der Waals surface area contributed by atoms with Crippen LogP contribution in [0.3, 0.4) is 0 Å². The predicted octanol–water partition coefficient (Wildman–Crippen LogP) is 2.20. The molecular formula is C16H12F2N6O4S. The monoisotopic (exact) mass is 422 g/mol. The van der Waals surface area contributed by atoms with E-state index in [1.54, 1.807) is 12.1 Å². The molecule has 3 heterocycles. The number of alkyl halides is 2. The summed E-state index contributed by atoms with van der Waals surface area (Å²) in [5, 5.41) is 13.9. The molecule has 4 rings (SSSR count). The van der Waals surface area contributed by atoms with E-state index >= 15 is 0 Å². The summed E-state index contributed by atoms with van der Waals surface area (Å²) in [4.78, 5) is 16.6. The second kappa shape index (κ2) is 7.79. The molecule has 1 aromatic carbocycles. The molecule has 0 atom stereocenters. The fourth-order valence-corrected chi connectivity index (χ4v) is 3.13. The molecule has 3 aromatic heterocycles. The van der Waals surface area contributed by atoms with Crippen molar-refractivity contribution in [3.05, 3.63) is 52.1 Å². The van der Waals surface area contributed by atoms with E-state index in [-0.39, 0.29) is 29.8 Å². The van der Waals surface area contributed by atoms with Crippen LogP contribution < -0.4 is 15.2 Å². The van der Waals surface area contributed by atoms with Crippen LogP contribution in [0.2, 0.25) is 0 Å². The minimum atomic E-state index is -2.98. The van der Waals surface area contributed by atoms with Crippen molar-refractivity contribution in [1.29, 1.82) is 0 Å². The number of hydrogen-bond donors (Lipinski definition) is 0. The number of aromatic nitrogens is 6. The Labute approximate surface area is 164 Å². The number of hydrogen-bond acceptors (Lipinski definition) is 9. The largest absolute Gasteiger partial charge is 0.493 e. The molecule has 29 heavy (non-hydrogen) atoms. The average molecular weight is 422 g/mol. The highest BCUT2D eigenvalue weighted by atomic mass is 32.1. The van der Waals surface area contributed by atoms with Crippen LogP contribution in [-0.2, 0) is 6.54 Å². The summed E-state index contributed by atoms with van der Waals surface area (Å²) in [5.74, 6) is 0.267. The van der Waals surface area contributed by atoms with Crippen molar-refractivity contribution in [3.8, 4) is 27.9 Å². The molecule has 0 bridgehead atoms. The highest BCUT2D eigenvalue weighted by Gasteiger charge is 2.17. The molecular weight excluding hydrogens is 410 g/mol. The summed E-state index contributed by atoms with van der Waals surface area (Å²) in [7, 11) is 1.32. The first-order valence-corrected chi connectivity index (χ1v) is 8.95. The van der Waals surface area contributed by atoms with Crippen LogP contribution in [0, 0.1) is 0 Å². The van der Waals surface area contributed by atoms with Crippen LogP contribution in [0.25, 0.3) is 16.4 Å². The van der Waals surface area contributed by atoms with E-state index in [1.807, 2.05) is 5.38 Å². The van der Waals surface area contributed by atoms with Crippen molar-refractivity contribution in [3.63, 3.8) is 0 Å². The Balaban J connectivity index is 1.56. The lowest BCUT2D eigenvalue weighted by molar-refractivity contribution is -0.0512. The van der Waals surface area contributed by atoms with E-state index < -0.39 is 12.3 Å². The summed E-state index contributed by atoms with van der Waals surface area (Å²) in [6, 6.07) is 7.76. The molecule has 0 aliphatic carbocycles. The predicted molar refractivity (Wildman–Crippen MR) is 95.5 cm³/mol. The molecule has 0 fully saturated rings. The van der Waals surface area contributed by atoms with Gasteiger partial charge in [0.05, 0.1) is 7.11 Å². The van der Waals surface area contributed by atoms with E-state index in [1.165, 1.54) is 36.6 Å². The fraction of sp³-hybridized carbons (Fsp3) is 0.188. The summed E-state index contributed by atoms with van der Waals surface area (Å²) in [6.07, 6.45) is 0. The number of thiophene rings is 1. The summed E-state index contributed by atoms with van der Waals surface area (Å²) >= 11 is 1.35. The lowest BCUT2D eigenvalue weighted by Crippen LogP contribution is -2.24. The number of halogens is 2. The maximum absolute atomic E-state index is 12.4. The summed E-state index contributed by atoms with van der Waals surface area (Å²) in [5.41, 5.74) is -0.00424. The third-order valence-corrected chi connectivity index (χ3v) is 4.59. The zero-order chi connectivity index (χ0) is 20.4. The minimum absolute atomic E-state index is 0.0824. The van der Waals surface area contributed by atoms with Crippen molar-refractivity contribution >= 4 is 11.3 Å². The van der Waals surface area contributed by atoms with Gasteiger partial charge in [0.1, 0.15) is 11.5 Å². The Bertz CT molecular complexity index is 1170. The Hall–Kier alpha value is -3.61. The van der Waals surface area contributed by atoms with Crippen LogP contribution in [0.4, 0.5) is 8.78 Å². The molecule has 13 heteroatoms. The van der Waals surface area contributed by atoms with Crippen molar-refractivity contribution in [1.82, 2.24) is 29.9 Å². The van der Waals surface area contributed by atoms with Crippen molar-refractivity contribution in [2.45, 2.75) is 13.2 Å². The van der Waals surface area contributed by atoms with Gasteiger partial charge in [-0.2, -0.15) is 23.1 Å². The van der Waals surface area contributed by atoms with Crippen LogP contribution >= 0.6 is 11.3 Å². The Morgan fingerprint density at radius 1 is 1.24 bits per heavy atom. The van der Waals surface area contributed by atoms with Gasteiger partial charge in [0.15, 0.2) is 11.5 Å². The van der Waals surface area contributed by atoms with Gasteiger partial charge >= 0.3 is 12.3 Å². The maximum Gasteiger partial charge on any atom is 0.387 e. The molecule has 0 saturated heterocycles. The zero-order valence-corrected chi connectivity index (χ0v) is 15.5. The lowest BCUT2D eigenvalue weighted by Gasteiger charge is -2.10. The summed E-state index contributed by atoms with van der Waals surface area (Å²) in [6.45, 7) is -3.06. The first kappa shape index (κ1) is 18.7. The van der Waals surface area contributed by atoms with Crippen molar-refractivity contribution in [2.75, 3.05) is 7.11 Å². The Morgan fingerprint density at radius 3 is 2.83 bits per heavy atom. The van der Waals surface area contributed by atoms with Gasteiger partial charge in [0, 0.05) is 5.56 Å².